The zero-order valence-corrected chi connectivity index (χ0v) is 7.91. The summed E-state index contributed by atoms with van der Waals surface area (Å²) in [6.45, 7) is 3.99. The second kappa shape index (κ2) is 3.29. The molecular weight excluding hydrogens is 182 g/mol. The fourth-order valence-corrected chi connectivity index (χ4v) is 2.12. The van der Waals surface area contributed by atoms with Crippen molar-refractivity contribution in [2.75, 3.05) is 13.1 Å². The van der Waals surface area contributed by atoms with Gasteiger partial charge in [0, 0.05) is 13.1 Å². The van der Waals surface area contributed by atoms with Crippen LogP contribution in [0, 0.1) is 0 Å². The van der Waals surface area contributed by atoms with Crippen LogP contribution in [0.15, 0.2) is 0 Å². The van der Waals surface area contributed by atoms with Crippen molar-refractivity contribution in [1.82, 2.24) is 4.31 Å². The van der Waals surface area contributed by atoms with Crippen molar-refractivity contribution in [3.63, 3.8) is 0 Å². The van der Waals surface area contributed by atoms with Crippen LogP contribution in [0.3, 0.4) is 0 Å². The molecule has 1 fully saturated rings. The molecule has 0 aromatic rings. The van der Waals surface area contributed by atoms with Gasteiger partial charge in [0.15, 0.2) is 0 Å². The summed E-state index contributed by atoms with van der Waals surface area (Å²) in [5, 5.41) is 0. The predicted octanol–water partition coefficient (Wildman–Crippen LogP) is -0.102. The van der Waals surface area contributed by atoms with Gasteiger partial charge in [0.2, 0.25) is 0 Å². The molecule has 1 N–H and O–H groups in total. The molecule has 1 rings (SSSR count). The maximum absolute atomic E-state index is 10.7. The molecule has 0 spiro atoms. The number of morpholine rings is 1. The van der Waals surface area contributed by atoms with Crippen molar-refractivity contribution in [3.8, 4) is 0 Å². The Morgan fingerprint density at radius 1 is 1.33 bits per heavy atom. The topological polar surface area (TPSA) is 66.8 Å². The Kier molecular flexibility index (Phi) is 2.72. The SMILES string of the molecule is CC1CN(S(=O)(=O)O)CC(C)O1. The Bertz CT molecular complexity index is 240. The summed E-state index contributed by atoms with van der Waals surface area (Å²) >= 11 is 0. The van der Waals surface area contributed by atoms with E-state index in [0.29, 0.717) is 0 Å². The van der Waals surface area contributed by atoms with Crippen LogP contribution in [0.4, 0.5) is 0 Å². The Balaban J connectivity index is 2.68. The third-order valence-electron chi connectivity index (χ3n) is 1.71. The van der Waals surface area contributed by atoms with Crippen molar-refractivity contribution >= 4 is 10.3 Å². The van der Waals surface area contributed by atoms with E-state index in [0.717, 1.165) is 4.31 Å². The summed E-state index contributed by atoms with van der Waals surface area (Å²) in [6, 6.07) is 0. The minimum Gasteiger partial charge on any atom is -0.373 e. The molecule has 0 aromatic heterocycles. The molecule has 1 saturated heterocycles. The fraction of sp³-hybridized carbons (Fsp3) is 1.00. The van der Waals surface area contributed by atoms with Gasteiger partial charge in [-0.2, -0.15) is 12.7 Å². The average molecular weight is 195 g/mol. The zero-order valence-electron chi connectivity index (χ0n) is 7.10. The van der Waals surface area contributed by atoms with Crippen molar-refractivity contribution in [2.45, 2.75) is 26.1 Å². The second-order valence-corrected chi connectivity index (χ2v) is 4.46. The molecular formula is C6H13NO4S. The number of hydrogen-bond acceptors (Lipinski definition) is 3. The number of rotatable bonds is 1. The minimum atomic E-state index is -4.04. The molecule has 1 heterocycles. The Morgan fingerprint density at radius 2 is 1.75 bits per heavy atom. The molecule has 6 heteroatoms. The monoisotopic (exact) mass is 195 g/mol. The van der Waals surface area contributed by atoms with Gasteiger partial charge in [-0.3, -0.25) is 4.55 Å². The van der Waals surface area contributed by atoms with Crippen molar-refractivity contribution in [1.29, 1.82) is 0 Å². The molecule has 2 unspecified atom stereocenters. The fourth-order valence-electron chi connectivity index (χ4n) is 1.32. The first-order chi connectivity index (χ1) is 5.39. The summed E-state index contributed by atoms with van der Waals surface area (Å²) in [5.41, 5.74) is 0. The normalized spacial score (nSPS) is 33.6. The van der Waals surface area contributed by atoms with E-state index in [1.807, 2.05) is 0 Å². The Morgan fingerprint density at radius 3 is 2.08 bits per heavy atom. The molecule has 5 nitrogen and oxygen atoms in total. The summed E-state index contributed by atoms with van der Waals surface area (Å²) < 4.78 is 36.4. The highest BCUT2D eigenvalue weighted by Gasteiger charge is 2.29. The zero-order chi connectivity index (χ0) is 9.35. The van der Waals surface area contributed by atoms with Crippen molar-refractivity contribution in [2.24, 2.45) is 0 Å². The minimum absolute atomic E-state index is 0.157. The molecule has 12 heavy (non-hydrogen) atoms. The quantitative estimate of drug-likeness (QED) is 0.593. The summed E-state index contributed by atoms with van der Waals surface area (Å²) in [6.07, 6.45) is -0.314. The van der Waals surface area contributed by atoms with Crippen LogP contribution in [0.1, 0.15) is 13.8 Å². The first-order valence-electron chi connectivity index (χ1n) is 3.77. The van der Waals surface area contributed by atoms with Gasteiger partial charge in [-0.1, -0.05) is 0 Å². The second-order valence-electron chi connectivity index (χ2n) is 3.05. The van der Waals surface area contributed by atoms with Crippen LogP contribution in [0.25, 0.3) is 0 Å². The lowest BCUT2D eigenvalue weighted by Gasteiger charge is -2.32. The molecule has 0 radical (unpaired) electrons. The van der Waals surface area contributed by atoms with Gasteiger partial charge in [-0.05, 0) is 13.8 Å². The Labute approximate surface area is 72.2 Å². The number of nitrogens with zero attached hydrogens (tertiary/aromatic N) is 1. The molecule has 0 bridgehead atoms. The van der Waals surface area contributed by atoms with E-state index < -0.39 is 10.3 Å². The van der Waals surface area contributed by atoms with Crippen molar-refractivity contribution < 1.29 is 17.7 Å². The van der Waals surface area contributed by atoms with Crippen LogP contribution >= 0.6 is 0 Å². The van der Waals surface area contributed by atoms with E-state index in [2.05, 4.69) is 0 Å². The van der Waals surface area contributed by atoms with Crippen LogP contribution in [-0.4, -0.2) is 42.6 Å². The van der Waals surface area contributed by atoms with E-state index in [1.165, 1.54) is 0 Å². The average Bonchev–Trinajstić information content (AvgIpc) is 1.82. The first-order valence-corrected chi connectivity index (χ1v) is 5.17. The lowest BCUT2D eigenvalue weighted by Crippen LogP contribution is -2.47. The van der Waals surface area contributed by atoms with Crippen LogP contribution < -0.4 is 0 Å². The highest BCUT2D eigenvalue weighted by molar-refractivity contribution is 7.83. The molecule has 2 atom stereocenters. The smallest absolute Gasteiger partial charge is 0.336 e. The van der Waals surface area contributed by atoms with E-state index >= 15 is 0 Å². The molecule has 0 aliphatic carbocycles. The molecule has 1 aliphatic heterocycles. The third-order valence-corrected chi connectivity index (χ3v) is 2.66. The molecule has 0 saturated carbocycles. The van der Waals surface area contributed by atoms with Crippen molar-refractivity contribution in [3.05, 3.63) is 0 Å². The predicted molar refractivity (Wildman–Crippen MR) is 43.1 cm³/mol. The van der Waals surface area contributed by atoms with Gasteiger partial charge in [-0.15, -0.1) is 0 Å². The largest absolute Gasteiger partial charge is 0.373 e. The van der Waals surface area contributed by atoms with Crippen LogP contribution in [0.5, 0.6) is 0 Å². The molecule has 0 amide bonds. The molecule has 0 aromatic carbocycles. The lowest BCUT2D eigenvalue weighted by molar-refractivity contribution is -0.0460. The maximum atomic E-state index is 10.7. The van der Waals surface area contributed by atoms with E-state index in [4.69, 9.17) is 9.29 Å². The standard InChI is InChI=1S/C6H13NO4S/c1-5-3-7(12(8,9)10)4-6(2)11-5/h5-6H,3-4H2,1-2H3,(H,8,9,10). The van der Waals surface area contributed by atoms with Gasteiger partial charge >= 0.3 is 10.3 Å². The van der Waals surface area contributed by atoms with Gasteiger partial charge in [0.25, 0.3) is 0 Å². The van der Waals surface area contributed by atoms with Gasteiger partial charge in [0.05, 0.1) is 12.2 Å². The summed E-state index contributed by atoms with van der Waals surface area (Å²) in [4.78, 5) is 0. The molecule has 72 valence electrons. The van der Waals surface area contributed by atoms with E-state index in [-0.39, 0.29) is 25.3 Å². The Hall–Kier alpha value is -0.170. The summed E-state index contributed by atoms with van der Waals surface area (Å²) in [7, 11) is -4.04. The highest BCUT2D eigenvalue weighted by Crippen LogP contribution is 2.12. The number of hydrogen-bond donors (Lipinski definition) is 1. The highest BCUT2D eigenvalue weighted by atomic mass is 32.2. The summed E-state index contributed by atoms with van der Waals surface area (Å²) in [5.74, 6) is 0. The number of ether oxygens (including phenoxy) is 1. The van der Waals surface area contributed by atoms with Gasteiger partial charge < -0.3 is 4.74 Å². The van der Waals surface area contributed by atoms with E-state index in [9.17, 15) is 8.42 Å². The van der Waals surface area contributed by atoms with Crippen LogP contribution in [-0.2, 0) is 15.0 Å². The van der Waals surface area contributed by atoms with Crippen LogP contribution in [0.2, 0.25) is 0 Å². The molecule has 1 aliphatic rings. The third kappa shape index (κ3) is 2.41. The van der Waals surface area contributed by atoms with Gasteiger partial charge in [0.1, 0.15) is 0 Å². The lowest BCUT2D eigenvalue weighted by atomic mass is 10.3. The van der Waals surface area contributed by atoms with E-state index in [1.54, 1.807) is 13.8 Å². The van der Waals surface area contributed by atoms with Gasteiger partial charge in [-0.25, -0.2) is 0 Å². The first kappa shape index (κ1) is 9.91. The maximum Gasteiger partial charge on any atom is 0.336 e.